The lowest BCUT2D eigenvalue weighted by molar-refractivity contribution is 0.0742. The normalized spacial score (nSPS) is 10.6. The average Bonchev–Trinajstić information content (AvgIpc) is 3.04. The van der Waals surface area contributed by atoms with Gasteiger partial charge in [0.15, 0.2) is 0 Å². The maximum atomic E-state index is 13.1. The molecular formula is C21H23N3O. The molecule has 0 atom stereocenters. The minimum atomic E-state index is 0.0328. The molecule has 4 nitrogen and oxygen atoms in total. The van der Waals surface area contributed by atoms with Crippen molar-refractivity contribution in [2.45, 2.75) is 26.8 Å². The summed E-state index contributed by atoms with van der Waals surface area (Å²) in [7, 11) is 0. The highest BCUT2D eigenvalue weighted by molar-refractivity contribution is 5.95. The van der Waals surface area contributed by atoms with Gasteiger partial charge in [0, 0.05) is 13.1 Å². The number of carbonyl (C=O) groups is 1. The van der Waals surface area contributed by atoms with Gasteiger partial charge in [0.05, 0.1) is 23.1 Å². The van der Waals surface area contributed by atoms with Gasteiger partial charge in [-0.3, -0.25) is 4.79 Å². The summed E-state index contributed by atoms with van der Waals surface area (Å²) in [6.07, 6.45) is 2.60. The van der Waals surface area contributed by atoms with Gasteiger partial charge in [-0.1, -0.05) is 55.5 Å². The van der Waals surface area contributed by atoms with E-state index in [0.29, 0.717) is 12.1 Å². The number of carbonyl (C=O) groups excluding carboxylic acids is 1. The molecule has 0 N–H and O–H groups in total. The number of rotatable bonds is 6. The minimum Gasteiger partial charge on any atom is -0.334 e. The fourth-order valence-electron chi connectivity index (χ4n) is 2.95. The van der Waals surface area contributed by atoms with Crippen LogP contribution in [0.4, 0.5) is 0 Å². The molecule has 1 aromatic heterocycles. The van der Waals surface area contributed by atoms with Crippen LogP contribution in [-0.4, -0.2) is 27.1 Å². The molecule has 25 heavy (non-hydrogen) atoms. The molecule has 0 aliphatic carbocycles. The molecule has 3 rings (SSSR count). The maximum Gasteiger partial charge on any atom is 0.257 e. The second-order valence-corrected chi connectivity index (χ2v) is 6.10. The minimum absolute atomic E-state index is 0.0328. The van der Waals surface area contributed by atoms with E-state index in [-0.39, 0.29) is 5.91 Å². The smallest absolute Gasteiger partial charge is 0.257 e. The standard InChI is InChI=1S/C21H23N3O/c1-3-14-23(16-18-10-6-4-7-11-18)21(25)20-15-22-24(17(20)2)19-12-8-5-9-13-19/h4-13,15H,3,14,16H2,1-2H3. The van der Waals surface area contributed by atoms with E-state index < -0.39 is 0 Å². The Labute approximate surface area is 148 Å². The molecule has 0 aliphatic heterocycles. The molecule has 0 saturated heterocycles. The van der Waals surface area contributed by atoms with E-state index in [2.05, 4.69) is 24.2 Å². The van der Waals surface area contributed by atoms with E-state index in [0.717, 1.165) is 29.9 Å². The Balaban J connectivity index is 1.86. The fourth-order valence-corrected chi connectivity index (χ4v) is 2.95. The number of hydrogen-bond donors (Lipinski definition) is 0. The van der Waals surface area contributed by atoms with E-state index in [4.69, 9.17) is 0 Å². The van der Waals surface area contributed by atoms with Crippen LogP contribution in [0.1, 0.15) is 35.0 Å². The monoisotopic (exact) mass is 333 g/mol. The molecule has 1 heterocycles. The maximum absolute atomic E-state index is 13.1. The summed E-state index contributed by atoms with van der Waals surface area (Å²) >= 11 is 0. The lowest BCUT2D eigenvalue weighted by Gasteiger charge is -2.22. The first-order chi connectivity index (χ1) is 12.2. The van der Waals surface area contributed by atoms with Crippen molar-refractivity contribution in [3.05, 3.63) is 83.7 Å². The summed E-state index contributed by atoms with van der Waals surface area (Å²) in [6, 6.07) is 20.0. The van der Waals surface area contributed by atoms with Gasteiger partial charge in [0.1, 0.15) is 0 Å². The van der Waals surface area contributed by atoms with Crippen LogP contribution < -0.4 is 0 Å². The Kier molecular flexibility index (Phi) is 5.29. The Morgan fingerprint density at radius 1 is 1.04 bits per heavy atom. The highest BCUT2D eigenvalue weighted by atomic mass is 16.2. The molecular weight excluding hydrogens is 310 g/mol. The average molecular weight is 333 g/mol. The first-order valence-corrected chi connectivity index (χ1v) is 8.64. The number of aromatic nitrogens is 2. The fraction of sp³-hybridized carbons (Fsp3) is 0.238. The lowest BCUT2D eigenvalue weighted by atomic mass is 10.1. The second-order valence-electron chi connectivity index (χ2n) is 6.10. The van der Waals surface area contributed by atoms with Crippen LogP contribution in [0.3, 0.4) is 0 Å². The first kappa shape index (κ1) is 17.0. The highest BCUT2D eigenvalue weighted by Crippen LogP contribution is 2.17. The van der Waals surface area contributed by atoms with Gasteiger partial charge in [-0.25, -0.2) is 4.68 Å². The van der Waals surface area contributed by atoms with E-state index in [1.165, 1.54) is 0 Å². The topological polar surface area (TPSA) is 38.1 Å². The van der Waals surface area contributed by atoms with Crippen molar-refractivity contribution in [1.29, 1.82) is 0 Å². The van der Waals surface area contributed by atoms with Crippen molar-refractivity contribution in [2.75, 3.05) is 6.54 Å². The van der Waals surface area contributed by atoms with Gasteiger partial charge in [-0.2, -0.15) is 5.10 Å². The van der Waals surface area contributed by atoms with Crippen molar-refractivity contribution in [3.63, 3.8) is 0 Å². The van der Waals surface area contributed by atoms with Crippen LogP contribution in [0.25, 0.3) is 5.69 Å². The van der Waals surface area contributed by atoms with Gasteiger partial charge in [-0.15, -0.1) is 0 Å². The highest BCUT2D eigenvalue weighted by Gasteiger charge is 2.21. The third-order valence-electron chi connectivity index (χ3n) is 4.24. The zero-order chi connectivity index (χ0) is 17.6. The van der Waals surface area contributed by atoms with Gasteiger partial charge < -0.3 is 4.90 Å². The number of para-hydroxylation sites is 1. The summed E-state index contributed by atoms with van der Waals surface area (Å²) in [4.78, 5) is 15.0. The third-order valence-corrected chi connectivity index (χ3v) is 4.24. The van der Waals surface area contributed by atoms with Crippen LogP contribution in [0.2, 0.25) is 0 Å². The molecule has 0 fully saturated rings. The number of hydrogen-bond acceptors (Lipinski definition) is 2. The summed E-state index contributed by atoms with van der Waals surface area (Å²) in [5.74, 6) is 0.0328. The molecule has 2 aromatic carbocycles. The molecule has 0 radical (unpaired) electrons. The van der Waals surface area contributed by atoms with Crippen LogP contribution in [0, 0.1) is 6.92 Å². The van der Waals surface area contributed by atoms with Crippen molar-refractivity contribution in [1.82, 2.24) is 14.7 Å². The molecule has 0 saturated carbocycles. The Morgan fingerprint density at radius 2 is 1.68 bits per heavy atom. The Bertz CT molecular complexity index is 825. The summed E-state index contributed by atoms with van der Waals surface area (Å²) < 4.78 is 1.82. The molecule has 0 unspecified atom stereocenters. The lowest BCUT2D eigenvalue weighted by Crippen LogP contribution is -2.31. The predicted octanol–water partition coefficient (Wildman–Crippen LogP) is 4.23. The summed E-state index contributed by atoms with van der Waals surface area (Å²) in [6.45, 7) is 5.37. The van der Waals surface area contributed by atoms with E-state index >= 15 is 0 Å². The first-order valence-electron chi connectivity index (χ1n) is 8.64. The number of nitrogens with zero attached hydrogens (tertiary/aromatic N) is 3. The predicted molar refractivity (Wildman–Crippen MR) is 99.8 cm³/mol. The SMILES string of the molecule is CCCN(Cc1ccccc1)C(=O)c1cnn(-c2ccccc2)c1C. The quantitative estimate of drug-likeness (QED) is 0.677. The largest absolute Gasteiger partial charge is 0.334 e. The van der Waals surface area contributed by atoms with Crippen LogP contribution in [0.5, 0.6) is 0 Å². The van der Waals surface area contributed by atoms with Crippen LogP contribution in [0.15, 0.2) is 66.9 Å². The van der Waals surface area contributed by atoms with E-state index in [9.17, 15) is 4.79 Å². The number of amides is 1. The van der Waals surface area contributed by atoms with Gasteiger partial charge in [-0.05, 0) is 31.0 Å². The molecule has 0 spiro atoms. The molecule has 0 bridgehead atoms. The Hall–Kier alpha value is -2.88. The summed E-state index contributed by atoms with van der Waals surface area (Å²) in [5, 5.41) is 4.43. The van der Waals surface area contributed by atoms with Crippen molar-refractivity contribution in [3.8, 4) is 5.69 Å². The summed E-state index contributed by atoms with van der Waals surface area (Å²) in [5.41, 5.74) is 3.63. The number of benzene rings is 2. The van der Waals surface area contributed by atoms with Crippen LogP contribution >= 0.6 is 0 Å². The van der Waals surface area contributed by atoms with Crippen molar-refractivity contribution in [2.24, 2.45) is 0 Å². The zero-order valence-electron chi connectivity index (χ0n) is 14.7. The van der Waals surface area contributed by atoms with Gasteiger partial charge >= 0.3 is 0 Å². The molecule has 4 heteroatoms. The molecule has 128 valence electrons. The molecule has 0 aliphatic rings. The van der Waals surface area contributed by atoms with Crippen molar-refractivity contribution < 1.29 is 4.79 Å². The third kappa shape index (κ3) is 3.79. The van der Waals surface area contributed by atoms with Gasteiger partial charge in [0.25, 0.3) is 5.91 Å². The zero-order valence-corrected chi connectivity index (χ0v) is 14.7. The van der Waals surface area contributed by atoms with Crippen molar-refractivity contribution >= 4 is 5.91 Å². The van der Waals surface area contributed by atoms with E-state index in [1.807, 2.05) is 65.0 Å². The molecule has 3 aromatic rings. The van der Waals surface area contributed by atoms with E-state index in [1.54, 1.807) is 6.20 Å². The molecule has 1 amide bonds. The Morgan fingerprint density at radius 3 is 2.32 bits per heavy atom. The van der Waals surface area contributed by atoms with Gasteiger partial charge in [0.2, 0.25) is 0 Å². The van der Waals surface area contributed by atoms with Crippen LogP contribution in [-0.2, 0) is 6.54 Å². The second kappa shape index (κ2) is 7.79.